The van der Waals surface area contributed by atoms with E-state index in [0.29, 0.717) is 18.9 Å². The number of hydrogen-bond acceptors (Lipinski definition) is 4. The second kappa shape index (κ2) is 6.88. The molecule has 0 saturated heterocycles. The Labute approximate surface area is 101 Å². The highest BCUT2D eigenvalue weighted by atomic mass is 16.5. The number of ether oxygens (including phenoxy) is 2. The van der Waals surface area contributed by atoms with Crippen molar-refractivity contribution in [3.8, 4) is 0 Å². The van der Waals surface area contributed by atoms with Crippen LogP contribution in [0.2, 0.25) is 0 Å². The van der Waals surface area contributed by atoms with Gasteiger partial charge in [0.1, 0.15) is 6.61 Å². The van der Waals surface area contributed by atoms with E-state index in [1.807, 2.05) is 0 Å². The highest BCUT2D eigenvalue weighted by molar-refractivity contribution is 5.93. The van der Waals surface area contributed by atoms with Gasteiger partial charge < -0.3 is 20.1 Å². The zero-order valence-electron chi connectivity index (χ0n) is 10.2. The predicted octanol–water partition coefficient (Wildman–Crippen LogP) is 0.895. The average Bonchev–Trinajstić information content (AvgIpc) is 2.34. The third-order valence-corrected chi connectivity index (χ3v) is 2.31. The molecule has 0 aliphatic rings. The molecular formula is C12H18N2O3. The number of rotatable bonds is 6. The van der Waals surface area contributed by atoms with Crippen LogP contribution in [-0.2, 0) is 14.3 Å². The minimum atomic E-state index is -0.106. The number of anilines is 2. The first-order chi connectivity index (χ1) is 8.15. The van der Waals surface area contributed by atoms with E-state index in [-0.39, 0.29) is 12.5 Å². The van der Waals surface area contributed by atoms with E-state index in [1.165, 1.54) is 4.90 Å². The number of benzene rings is 1. The molecular weight excluding hydrogens is 220 g/mol. The first-order valence-electron chi connectivity index (χ1n) is 5.34. The monoisotopic (exact) mass is 238 g/mol. The molecule has 0 spiro atoms. The first-order valence-corrected chi connectivity index (χ1v) is 5.34. The maximum Gasteiger partial charge on any atom is 0.252 e. The molecule has 1 aromatic carbocycles. The molecule has 1 aromatic rings. The Morgan fingerprint density at radius 2 is 1.94 bits per heavy atom. The summed E-state index contributed by atoms with van der Waals surface area (Å²) >= 11 is 0. The van der Waals surface area contributed by atoms with Gasteiger partial charge >= 0.3 is 0 Å². The van der Waals surface area contributed by atoms with Gasteiger partial charge in [-0.15, -0.1) is 0 Å². The summed E-state index contributed by atoms with van der Waals surface area (Å²) in [5, 5.41) is 0. The summed E-state index contributed by atoms with van der Waals surface area (Å²) in [5.41, 5.74) is 7.04. The van der Waals surface area contributed by atoms with E-state index in [4.69, 9.17) is 15.2 Å². The fourth-order valence-corrected chi connectivity index (χ4v) is 1.24. The first kappa shape index (κ1) is 13.5. The molecule has 5 heteroatoms. The largest absolute Gasteiger partial charge is 0.399 e. The summed E-state index contributed by atoms with van der Waals surface area (Å²) in [6.07, 6.45) is 0. The van der Waals surface area contributed by atoms with Crippen LogP contribution in [-0.4, -0.2) is 39.9 Å². The summed E-state index contributed by atoms with van der Waals surface area (Å²) in [5.74, 6) is -0.106. The molecule has 0 saturated carbocycles. The summed E-state index contributed by atoms with van der Waals surface area (Å²) in [6, 6.07) is 7.10. The molecule has 0 fully saturated rings. The van der Waals surface area contributed by atoms with Crippen LogP contribution in [0.3, 0.4) is 0 Å². The van der Waals surface area contributed by atoms with Crippen LogP contribution >= 0.6 is 0 Å². The predicted molar refractivity (Wildman–Crippen MR) is 67.0 cm³/mol. The highest BCUT2D eigenvalue weighted by Gasteiger charge is 2.10. The van der Waals surface area contributed by atoms with Gasteiger partial charge in [-0.05, 0) is 24.3 Å². The van der Waals surface area contributed by atoms with Crippen LogP contribution in [0.15, 0.2) is 24.3 Å². The molecule has 17 heavy (non-hydrogen) atoms. The van der Waals surface area contributed by atoms with E-state index in [0.717, 1.165) is 5.69 Å². The molecule has 1 amide bonds. The SMILES string of the molecule is COCCOCC(=O)N(C)c1ccc(N)cc1. The lowest BCUT2D eigenvalue weighted by Gasteiger charge is -2.17. The Bertz CT molecular complexity index is 351. The minimum absolute atomic E-state index is 0.0459. The number of hydrogen-bond donors (Lipinski definition) is 1. The average molecular weight is 238 g/mol. The zero-order chi connectivity index (χ0) is 12.7. The van der Waals surface area contributed by atoms with Crippen molar-refractivity contribution < 1.29 is 14.3 Å². The molecule has 2 N–H and O–H groups in total. The smallest absolute Gasteiger partial charge is 0.252 e. The molecule has 0 atom stereocenters. The van der Waals surface area contributed by atoms with Gasteiger partial charge in [-0.1, -0.05) is 0 Å². The Kier molecular flexibility index (Phi) is 5.45. The van der Waals surface area contributed by atoms with Crippen molar-refractivity contribution in [2.24, 2.45) is 0 Å². The van der Waals surface area contributed by atoms with E-state index < -0.39 is 0 Å². The van der Waals surface area contributed by atoms with Gasteiger partial charge in [0.25, 0.3) is 5.91 Å². The van der Waals surface area contributed by atoms with E-state index in [9.17, 15) is 4.79 Å². The molecule has 0 aromatic heterocycles. The quantitative estimate of drug-likeness (QED) is 0.590. The van der Waals surface area contributed by atoms with Crippen molar-refractivity contribution in [2.75, 3.05) is 44.6 Å². The molecule has 1 rings (SSSR count). The second-order valence-corrected chi connectivity index (χ2v) is 3.59. The van der Waals surface area contributed by atoms with Crippen molar-refractivity contribution >= 4 is 17.3 Å². The summed E-state index contributed by atoms with van der Waals surface area (Å²) in [4.78, 5) is 13.3. The van der Waals surface area contributed by atoms with Gasteiger partial charge in [0.2, 0.25) is 0 Å². The normalized spacial score (nSPS) is 10.2. The van der Waals surface area contributed by atoms with Crippen LogP contribution in [0.1, 0.15) is 0 Å². The van der Waals surface area contributed by atoms with Crippen LogP contribution < -0.4 is 10.6 Å². The van der Waals surface area contributed by atoms with Crippen molar-refractivity contribution in [2.45, 2.75) is 0 Å². The summed E-state index contributed by atoms with van der Waals surface area (Å²) in [6.45, 7) is 0.945. The van der Waals surface area contributed by atoms with Crippen LogP contribution in [0, 0.1) is 0 Å². The van der Waals surface area contributed by atoms with E-state index in [2.05, 4.69) is 0 Å². The number of likely N-dealkylation sites (N-methyl/N-ethyl adjacent to an activating group) is 1. The van der Waals surface area contributed by atoms with E-state index in [1.54, 1.807) is 38.4 Å². The van der Waals surface area contributed by atoms with Gasteiger partial charge in [0, 0.05) is 25.5 Å². The van der Waals surface area contributed by atoms with Crippen LogP contribution in [0.25, 0.3) is 0 Å². The molecule has 0 aliphatic heterocycles. The zero-order valence-corrected chi connectivity index (χ0v) is 10.2. The number of nitrogen functional groups attached to an aromatic ring is 1. The molecule has 0 heterocycles. The van der Waals surface area contributed by atoms with Gasteiger partial charge in [-0.3, -0.25) is 4.79 Å². The second-order valence-electron chi connectivity index (χ2n) is 3.59. The third kappa shape index (κ3) is 4.42. The number of carbonyl (C=O) groups excluding carboxylic acids is 1. The topological polar surface area (TPSA) is 64.8 Å². The number of amides is 1. The van der Waals surface area contributed by atoms with Gasteiger partial charge in [-0.2, -0.15) is 0 Å². The lowest BCUT2D eigenvalue weighted by atomic mass is 10.2. The van der Waals surface area contributed by atoms with Crippen molar-refractivity contribution in [3.63, 3.8) is 0 Å². The lowest BCUT2D eigenvalue weighted by molar-refractivity contribution is -0.123. The summed E-state index contributed by atoms with van der Waals surface area (Å²) < 4.78 is 9.98. The minimum Gasteiger partial charge on any atom is -0.399 e. The summed E-state index contributed by atoms with van der Waals surface area (Å²) in [7, 11) is 3.29. The Hall–Kier alpha value is -1.59. The molecule has 94 valence electrons. The Morgan fingerprint density at radius 1 is 1.29 bits per heavy atom. The Morgan fingerprint density at radius 3 is 2.53 bits per heavy atom. The number of nitrogens with two attached hydrogens (primary N) is 1. The van der Waals surface area contributed by atoms with E-state index >= 15 is 0 Å². The lowest BCUT2D eigenvalue weighted by Crippen LogP contribution is -2.30. The highest BCUT2D eigenvalue weighted by Crippen LogP contribution is 2.14. The number of methoxy groups -OCH3 is 1. The third-order valence-electron chi connectivity index (χ3n) is 2.31. The van der Waals surface area contributed by atoms with Crippen molar-refractivity contribution in [1.82, 2.24) is 0 Å². The molecule has 0 aliphatic carbocycles. The molecule has 0 bridgehead atoms. The molecule has 0 unspecified atom stereocenters. The Balaban J connectivity index is 2.43. The standard InChI is InChI=1S/C12H18N2O3/c1-14(11-5-3-10(13)4-6-11)12(15)9-17-8-7-16-2/h3-6H,7-9,13H2,1-2H3. The fourth-order valence-electron chi connectivity index (χ4n) is 1.24. The fraction of sp³-hybridized carbons (Fsp3) is 0.417. The maximum atomic E-state index is 11.7. The van der Waals surface area contributed by atoms with Gasteiger partial charge in [-0.25, -0.2) is 0 Å². The number of carbonyl (C=O) groups is 1. The van der Waals surface area contributed by atoms with Crippen molar-refractivity contribution in [3.05, 3.63) is 24.3 Å². The van der Waals surface area contributed by atoms with Gasteiger partial charge in [0.05, 0.1) is 13.2 Å². The molecule has 5 nitrogen and oxygen atoms in total. The van der Waals surface area contributed by atoms with Crippen LogP contribution in [0.4, 0.5) is 11.4 Å². The number of nitrogens with zero attached hydrogens (tertiary/aromatic N) is 1. The molecule has 0 radical (unpaired) electrons. The maximum absolute atomic E-state index is 11.7. The van der Waals surface area contributed by atoms with Crippen LogP contribution in [0.5, 0.6) is 0 Å². The van der Waals surface area contributed by atoms with Crippen molar-refractivity contribution in [1.29, 1.82) is 0 Å². The van der Waals surface area contributed by atoms with Gasteiger partial charge in [0.15, 0.2) is 0 Å².